The fraction of sp³-hybridized carbons (Fsp3) is 0.167. The van der Waals surface area contributed by atoms with Crippen molar-refractivity contribution < 1.29 is 4.79 Å². The maximum Gasteiger partial charge on any atom is 0.261 e. The van der Waals surface area contributed by atoms with Gasteiger partial charge in [-0.25, -0.2) is 4.98 Å². The Balaban J connectivity index is 1.60. The van der Waals surface area contributed by atoms with Crippen molar-refractivity contribution in [3.63, 3.8) is 0 Å². The summed E-state index contributed by atoms with van der Waals surface area (Å²) in [5.41, 5.74) is 1.35. The third-order valence-corrected chi connectivity index (χ3v) is 4.37. The summed E-state index contributed by atoms with van der Waals surface area (Å²) in [5.74, 6) is -0.0799. The zero-order valence-corrected chi connectivity index (χ0v) is 14.5. The molecule has 3 aromatic rings. The number of halogens is 1. The molecule has 0 saturated heterocycles. The zero-order chi connectivity index (χ0) is 16.9. The first kappa shape index (κ1) is 16.4. The Hall–Kier alpha value is -2.47. The summed E-state index contributed by atoms with van der Waals surface area (Å²) in [6.07, 6.45) is 2.44. The highest BCUT2D eigenvalue weighted by Crippen LogP contribution is 2.21. The molecule has 1 N–H and O–H groups in total. The van der Waals surface area contributed by atoms with Gasteiger partial charge >= 0.3 is 0 Å². The molecule has 0 atom stereocenters. The molecule has 0 bridgehead atoms. The number of rotatable bonds is 5. The number of aromatic nitrogens is 2. The Labute approximate surface area is 147 Å². The van der Waals surface area contributed by atoms with Crippen LogP contribution in [0, 0.1) is 0 Å². The molecule has 122 valence electrons. The van der Waals surface area contributed by atoms with Gasteiger partial charge in [-0.3, -0.25) is 14.2 Å². The molecule has 1 amide bonds. The van der Waals surface area contributed by atoms with Gasteiger partial charge in [-0.2, -0.15) is 0 Å². The van der Waals surface area contributed by atoms with Crippen LogP contribution in [0.2, 0.25) is 0 Å². The van der Waals surface area contributed by atoms with Crippen molar-refractivity contribution in [2.45, 2.75) is 19.4 Å². The van der Waals surface area contributed by atoms with Crippen LogP contribution in [0.1, 0.15) is 12.8 Å². The number of nitrogens with one attached hydrogen (secondary N) is 1. The molecular formula is C18H16BrN3O2. The average molecular weight is 386 g/mol. The maximum atomic E-state index is 12.4. The number of hydrogen-bond acceptors (Lipinski definition) is 3. The molecule has 2 aromatic carbocycles. The molecule has 0 unspecified atom stereocenters. The Morgan fingerprint density at radius 3 is 2.71 bits per heavy atom. The summed E-state index contributed by atoms with van der Waals surface area (Å²) in [6.45, 7) is 0.458. The van der Waals surface area contributed by atoms with Crippen LogP contribution in [0.4, 0.5) is 5.69 Å². The molecule has 0 spiro atoms. The maximum absolute atomic E-state index is 12.4. The number of benzene rings is 2. The second-order valence-corrected chi connectivity index (χ2v) is 6.25. The highest BCUT2D eigenvalue weighted by molar-refractivity contribution is 9.10. The van der Waals surface area contributed by atoms with Crippen molar-refractivity contribution in [2.75, 3.05) is 5.32 Å². The average Bonchev–Trinajstić information content (AvgIpc) is 2.59. The van der Waals surface area contributed by atoms with Gasteiger partial charge in [0.05, 0.1) is 22.9 Å². The fourth-order valence-corrected chi connectivity index (χ4v) is 2.83. The smallest absolute Gasteiger partial charge is 0.261 e. The number of fused-ring (bicyclic) bond motifs is 1. The van der Waals surface area contributed by atoms with Crippen molar-refractivity contribution >= 4 is 38.4 Å². The number of aryl methyl sites for hydroxylation is 1. The van der Waals surface area contributed by atoms with E-state index in [1.165, 1.54) is 6.33 Å². The number of nitrogens with zero attached hydrogens (tertiary/aromatic N) is 2. The Morgan fingerprint density at radius 1 is 1.12 bits per heavy atom. The summed E-state index contributed by atoms with van der Waals surface area (Å²) in [5, 5.41) is 3.45. The van der Waals surface area contributed by atoms with Crippen molar-refractivity contribution in [1.82, 2.24) is 9.55 Å². The SMILES string of the molecule is O=C(CCCn1cnc2ccccc2c1=O)Nc1ccccc1Br. The summed E-state index contributed by atoms with van der Waals surface area (Å²) in [7, 11) is 0. The number of carbonyl (C=O) groups is 1. The van der Waals surface area contributed by atoms with Crippen LogP contribution in [0.3, 0.4) is 0 Å². The van der Waals surface area contributed by atoms with Crippen molar-refractivity contribution in [3.8, 4) is 0 Å². The molecular weight excluding hydrogens is 370 g/mol. The first-order valence-electron chi connectivity index (χ1n) is 7.64. The molecule has 0 aliphatic heterocycles. The normalized spacial score (nSPS) is 10.7. The molecule has 1 heterocycles. The standard InChI is InChI=1S/C18H16BrN3O2/c19-14-7-2-4-9-16(14)21-17(23)10-5-11-22-12-20-15-8-3-1-6-13(15)18(22)24/h1-4,6-9,12H,5,10-11H2,(H,21,23). The minimum atomic E-state index is -0.0799. The van der Waals surface area contributed by atoms with Crippen LogP contribution >= 0.6 is 15.9 Å². The van der Waals surface area contributed by atoms with Crippen LogP contribution in [-0.2, 0) is 11.3 Å². The van der Waals surface area contributed by atoms with E-state index in [4.69, 9.17) is 0 Å². The number of anilines is 1. The lowest BCUT2D eigenvalue weighted by atomic mass is 10.2. The van der Waals surface area contributed by atoms with Crippen molar-refractivity contribution in [3.05, 3.63) is 69.7 Å². The number of amides is 1. The van der Waals surface area contributed by atoms with Gasteiger partial charge in [0.15, 0.2) is 0 Å². The monoisotopic (exact) mass is 385 g/mol. The lowest BCUT2D eigenvalue weighted by Crippen LogP contribution is -2.21. The Kier molecular flexibility index (Phi) is 5.05. The largest absolute Gasteiger partial charge is 0.325 e. The highest BCUT2D eigenvalue weighted by Gasteiger charge is 2.07. The quantitative estimate of drug-likeness (QED) is 0.729. The predicted octanol–water partition coefficient (Wildman–Crippen LogP) is 3.58. The van der Waals surface area contributed by atoms with E-state index in [9.17, 15) is 9.59 Å². The first-order chi connectivity index (χ1) is 11.6. The van der Waals surface area contributed by atoms with Crippen LogP contribution < -0.4 is 10.9 Å². The van der Waals surface area contributed by atoms with Crippen molar-refractivity contribution in [1.29, 1.82) is 0 Å². The topological polar surface area (TPSA) is 64.0 Å². The summed E-state index contributed by atoms with van der Waals surface area (Å²) in [4.78, 5) is 28.6. The second-order valence-electron chi connectivity index (χ2n) is 5.39. The van der Waals surface area contributed by atoms with Gasteiger partial charge in [-0.05, 0) is 46.6 Å². The van der Waals surface area contributed by atoms with Crippen LogP contribution in [0.15, 0.2) is 64.1 Å². The Bertz CT molecular complexity index is 937. The van der Waals surface area contributed by atoms with Gasteiger partial charge in [-0.1, -0.05) is 24.3 Å². The molecule has 6 heteroatoms. The third-order valence-electron chi connectivity index (χ3n) is 3.68. The van der Waals surface area contributed by atoms with E-state index in [1.807, 2.05) is 42.5 Å². The molecule has 0 radical (unpaired) electrons. The van der Waals surface area contributed by atoms with E-state index in [2.05, 4.69) is 26.2 Å². The Morgan fingerprint density at radius 2 is 1.88 bits per heavy atom. The van der Waals surface area contributed by atoms with E-state index in [0.717, 1.165) is 10.2 Å². The van der Waals surface area contributed by atoms with Crippen LogP contribution in [-0.4, -0.2) is 15.5 Å². The molecule has 0 saturated carbocycles. The van der Waals surface area contributed by atoms with Gasteiger partial charge in [0.2, 0.25) is 5.91 Å². The van der Waals surface area contributed by atoms with Gasteiger partial charge in [0.25, 0.3) is 5.56 Å². The minimum absolute atomic E-state index is 0.0770. The van der Waals surface area contributed by atoms with Gasteiger partial charge < -0.3 is 5.32 Å². The molecule has 1 aromatic heterocycles. The van der Waals surface area contributed by atoms with E-state index in [0.29, 0.717) is 30.3 Å². The molecule has 3 rings (SSSR count). The lowest BCUT2D eigenvalue weighted by molar-refractivity contribution is -0.116. The summed E-state index contributed by atoms with van der Waals surface area (Å²) >= 11 is 3.39. The third kappa shape index (κ3) is 3.71. The molecule has 0 aliphatic rings. The highest BCUT2D eigenvalue weighted by atomic mass is 79.9. The first-order valence-corrected chi connectivity index (χ1v) is 8.43. The molecule has 0 fully saturated rings. The van der Waals surface area contributed by atoms with Crippen molar-refractivity contribution in [2.24, 2.45) is 0 Å². The van der Waals surface area contributed by atoms with Gasteiger partial charge in [0, 0.05) is 17.4 Å². The van der Waals surface area contributed by atoms with Crippen LogP contribution in [0.5, 0.6) is 0 Å². The van der Waals surface area contributed by atoms with Crippen LogP contribution in [0.25, 0.3) is 10.9 Å². The molecule has 24 heavy (non-hydrogen) atoms. The van der Waals surface area contributed by atoms with Gasteiger partial charge in [-0.15, -0.1) is 0 Å². The number of hydrogen-bond donors (Lipinski definition) is 1. The summed E-state index contributed by atoms with van der Waals surface area (Å²) in [6, 6.07) is 14.7. The van der Waals surface area contributed by atoms with E-state index < -0.39 is 0 Å². The van der Waals surface area contributed by atoms with E-state index in [-0.39, 0.29) is 11.5 Å². The molecule has 5 nitrogen and oxygen atoms in total. The lowest BCUT2D eigenvalue weighted by Gasteiger charge is -2.08. The zero-order valence-electron chi connectivity index (χ0n) is 12.9. The van der Waals surface area contributed by atoms with E-state index >= 15 is 0 Å². The fourth-order valence-electron chi connectivity index (χ4n) is 2.45. The summed E-state index contributed by atoms with van der Waals surface area (Å²) < 4.78 is 2.39. The van der Waals surface area contributed by atoms with E-state index in [1.54, 1.807) is 10.6 Å². The molecule has 0 aliphatic carbocycles. The number of para-hydroxylation sites is 2. The predicted molar refractivity (Wildman–Crippen MR) is 98.0 cm³/mol. The van der Waals surface area contributed by atoms with Gasteiger partial charge in [0.1, 0.15) is 0 Å². The minimum Gasteiger partial charge on any atom is -0.325 e. The number of carbonyl (C=O) groups excluding carboxylic acids is 1. The second kappa shape index (κ2) is 7.40.